The van der Waals surface area contributed by atoms with E-state index in [1.807, 2.05) is 48.9 Å². The highest BCUT2D eigenvalue weighted by molar-refractivity contribution is 6.33. The van der Waals surface area contributed by atoms with Gasteiger partial charge in [-0.25, -0.2) is 4.39 Å². The quantitative estimate of drug-likeness (QED) is 0.600. The van der Waals surface area contributed by atoms with Crippen LogP contribution in [0.3, 0.4) is 0 Å². The van der Waals surface area contributed by atoms with Crippen molar-refractivity contribution < 1.29 is 14.0 Å². The third kappa shape index (κ3) is 4.39. The van der Waals surface area contributed by atoms with E-state index in [1.54, 1.807) is 9.80 Å². The fourth-order valence-electron chi connectivity index (χ4n) is 4.02. The maximum atomic E-state index is 13.3. The summed E-state index contributed by atoms with van der Waals surface area (Å²) >= 11 is 6.04. The molecule has 2 amide bonds. The summed E-state index contributed by atoms with van der Waals surface area (Å²) in [6.07, 6.45) is 0. The zero-order chi connectivity index (χ0) is 22.8. The molecule has 4 rings (SSSR count). The summed E-state index contributed by atoms with van der Waals surface area (Å²) < 4.78 is 15.1. The van der Waals surface area contributed by atoms with Gasteiger partial charge in [-0.2, -0.15) is 5.10 Å². The normalized spacial score (nSPS) is 14.0. The molecule has 166 valence electrons. The van der Waals surface area contributed by atoms with E-state index >= 15 is 0 Å². The Kier molecular flexibility index (Phi) is 6.28. The van der Waals surface area contributed by atoms with Gasteiger partial charge in [0.05, 0.1) is 28.4 Å². The van der Waals surface area contributed by atoms with Crippen molar-refractivity contribution in [2.24, 2.45) is 0 Å². The van der Waals surface area contributed by atoms with E-state index in [0.29, 0.717) is 44.0 Å². The van der Waals surface area contributed by atoms with Crippen LogP contribution in [0.25, 0.3) is 0 Å². The van der Waals surface area contributed by atoms with Crippen molar-refractivity contribution in [3.05, 3.63) is 87.4 Å². The van der Waals surface area contributed by atoms with E-state index in [0.717, 1.165) is 17.3 Å². The van der Waals surface area contributed by atoms with E-state index in [9.17, 15) is 14.0 Å². The molecule has 3 aromatic rings. The first kappa shape index (κ1) is 22.0. The van der Waals surface area contributed by atoms with E-state index in [-0.39, 0.29) is 22.4 Å². The highest BCUT2D eigenvalue weighted by Crippen LogP contribution is 2.22. The second kappa shape index (κ2) is 9.12. The molecule has 2 heterocycles. The molecule has 0 atom stereocenters. The van der Waals surface area contributed by atoms with Crippen LogP contribution in [0.15, 0.2) is 48.5 Å². The maximum Gasteiger partial charge on any atom is 0.257 e. The number of piperazine rings is 1. The fraction of sp³-hybridized carbons (Fsp3) is 0.292. The van der Waals surface area contributed by atoms with Gasteiger partial charge in [0.25, 0.3) is 11.8 Å². The molecule has 8 heteroatoms. The Morgan fingerprint density at radius 1 is 0.969 bits per heavy atom. The van der Waals surface area contributed by atoms with Gasteiger partial charge in [0.15, 0.2) is 0 Å². The van der Waals surface area contributed by atoms with Gasteiger partial charge in [-0.05, 0) is 37.6 Å². The summed E-state index contributed by atoms with van der Waals surface area (Å²) in [6.45, 7) is 5.94. The standard InChI is InChI=1S/C24H24ClFN4O2/c1-16-22(17(2)30(27-16)15-18-6-4-3-5-7-18)24(32)29-12-10-28(11-13-29)23(31)20-9-8-19(26)14-21(20)25/h3-9,14H,10-13,15H2,1-2H3. The van der Waals surface area contributed by atoms with Crippen LogP contribution in [-0.2, 0) is 6.54 Å². The minimum absolute atomic E-state index is 0.0776. The van der Waals surface area contributed by atoms with Gasteiger partial charge in [0, 0.05) is 31.9 Å². The molecule has 1 aromatic heterocycles. The van der Waals surface area contributed by atoms with Crippen LogP contribution in [0.2, 0.25) is 5.02 Å². The molecule has 1 saturated heterocycles. The number of hydrogen-bond donors (Lipinski definition) is 0. The summed E-state index contributed by atoms with van der Waals surface area (Å²) in [4.78, 5) is 29.4. The van der Waals surface area contributed by atoms with E-state index in [4.69, 9.17) is 11.6 Å². The minimum Gasteiger partial charge on any atom is -0.335 e. The monoisotopic (exact) mass is 454 g/mol. The Morgan fingerprint density at radius 3 is 2.22 bits per heavy atom. The van der Waals surface area contributed by atoms with E-state index in [2.05, 4.69) is 5.10 Å². The molecular weight excluding hydrogens is 431 g/mol. The largest absolute Gasteiger partial charge is 0.335 e. The number of rotatable bonds is 4. The van der Waals surface area contributed by atoms with Gasteiger partial charge in [-0.3, -0.25) is 14.3 Å². The molecule has 32 heavy (non-hydrogen) atoms. The number of halogens is 2. The van der Waals surface area contributed by atoms with Crippen molar-refractivity contribution in [1.29, 1.82) is 0 Å². The van der Waals surface area contributed by atoms with Crippen molar-refractivity contribution in [3.8, 4) is 0 Å². The van der Waals surface area contributed by atoms with Crippen LogP contribution in [-0.4, -0.2) is 57.6 Å². The summed E-state index contributed by atoms with van der Waals surface area (Å²) in [6, 6.07) is 13.7. The number of carbonyl (C=O) groups excluding carboxylic acids is 2. The molecule has 0 saturated carbocycles. The topological polar surface area (TPSA) is 58.4 Å². The molecule has 0 spiro atoms. The summed E-state index contributed by atoms with van der Waals surface area (Å²) in [5.74, 6) is -0.822. The van der Waals surface area contributed by atoms with Gasteiger partial charge >= 0.3 is 0 Å². The minimum atomic E-state index is -0.486. The third-order valence-electron chi connectivity index (χ3n) is 5.79. The van der Waals surface area contributed by atoms with E-state index < -0.39 is 5.82 Å². The number of carbonyl (C=O) groups is 2. The van der Waals surface area contributed by atoms with Gasteiger partial charge in [-0.15, -0.1) is 0 Å². The number of aryl methyl sites for hydroxylation is 1. The lowest BCUT2D eigenvalue weighted by Crippen LogP contribution is -2.50. The molecule has 0 bridgehead atoms. The Balaban J connectivity index is 1.44. The smallest absolute Gasteiger partial charge is 0.257 e. The molecule has 0 radical (unpaired) electrons. The number of nitrogens with zero attached hydrogens (tertiary/aromatic N) is 4. The van der Waals surface area contributed by atoms with Crippen LogP contribution in [0.4, 0.5) is 4.39 Å². The average Bonchev–Trinajstić information content (AvgIpc) is 3.06. The molecule has 2 aromatic carbocycles. The highest BCUT2D eigenvalue weighted by atomic mass is 35.5. The fourth-order valence-corrected chi connectivity index (χ4v) is 4.27. The highest BCUT2D eigenvalue weighted by Gasteiger charge is 2.29. The molecule has 0 N–H and O–H groups in total. The van der Waals surface area contributed by atoms with Crippen molar-refractivity contribution in [2.75, 3.05) is 26.2 Å². The first-order chi connectivity index (χ1) is 15.3. The van der Waals surface area contributed by atoms with Crippen LogP contribution in [0.1, 0.15) is 37.7 Å². The van der Waals surface area contributed by atoms with Gasteiger partial charge in [-0.1, -0.05) is 41.9 Å². The lowest BCUT2D eigenvalue weighted by Gasteiger charge is -2.35. The Labute approximate surface area is 191 Å². The summed E-state index contributed by atoms with van der Waals surface area (Å²) in [5.41, 5.74) is 3.51. The number of hydrogen-bond acceptors (Lipinski definition) is 3. The average molecular weight is 455 g/mol. The van der Waals surface area contributed by atoms with Gasteiger partial charge in [0.2, 0.25) is 0 Å². The molecular formula is C24H24ClFN4O2. The Morgan fingerprint density at radius 2 is 1.59 bits per heavy atom. The van der Waals surface area contributed by atoms with E-state index in [1.165, 1.54) is 12.1 Å². The zero-order valence-corrected chi connectivity index (χ0v) is 18.8. The second-order valence-electron chi connectivity index (χ2n) is 7.90. The molecule has 6 nitrogen and oxygen atoms in total. The van der Waals surface area contributed by atoms with Crippen molar-refractivity contribution >= 4 is 23.4 Å². The second-order valence-corrected chi connectivity index (χ2v) is 8.30. The first-order valence-electron chi connectivity index (χ1n) is 10.5. The SMILES string of the molecule is Cc1nn(Cc2ccccc2)c(C)c1C(=O)N1CCN(C(=O)c2ccc(F)cc2Cl)CC1. The Bertz CT molecular complexity index is 1150. The molecule has 1 aliphatic heterocycles. The predicted octanol–water partition coefficient (Wildman–Crippen LogP) is 3.94. The number of aromatic nitrogens is 2. The zero-order valence-electron chi connectivity index (χ0n) is 18.0. The Hall–Kier alpha value is -3.19. The third-order valence-corrected chi connectivity index (χ3v) is 6.10. The number of amides is 2. The molecule has 0 aliphatic carbocycles. The van der Waals surface area contributed by atoms with Crippen molar-refractivity contribution in [3.63, 3.8) is 0 Å². The molecule has 1 fully saturated rings. The summed E-state index contributed by atoms with van der Waals surface area (Å²) in [7, 11) is 0. The van der Waals surface area contributed by atoms with Gasteiger partial charge in [0.1, 0.15) is 5.82 Å². The molecule has 0 unspecified atom stereocenters. The first-order valence-corrected chi connectivity index (χ1v) is 10.8. The van der Waals surface area contributed by atoms with Gasteiger partial charge < -0.3 is 9.80 Å². The predicted molar refractivity (Wildman–Crippen MR) is 120 cm³/mol. The van der Waals surface area contributed by atoms with Crippen LogP contribution >= 0.6 is 11.6 Å². The van der Waals surface area contributed by atoms with Crippen LogP contribution in [0.5, 0.6) is 0 Å². The lowest BCUT2D eigenvalue weighted by atomic mass is 10.1. The maximum absolute atomic E-state index is 13.3. The lowest BCUT2D eigenvalue weighted by molar-refractivity contribution is 0.0534. The van der Waals surface area contributed by atoms with Crippen molar-refractivity contribution in [2.45, 2.75) is 20.4 Å². The molecule has 1 aliphatic rings. The van der Waals surface area contributed by atoms with Crippen LogP contribution < -0.4 is 0 Å². The van der Waals surface area contributed by atoms with Crippen LogP contribution in [0, 0.1) is 19.7 Å². The van der Waals surface area contributed by atoms with Crippen molar-refractivity contribution in [1.82, 2.24) is 19.6 Å². The summed E-state index contributed by atoms with van der Waals surface area (Å²) in [5, 5.41) is 4.67. The number of benzene rings is 2.